The molecule has 0 radical (unpaired) electrons. The molecule has 0 aliphatic heterocycles. The summed E-state index contributed by atoms with van der Waals surface area (Å²) in [6.45, 7) is 4.02. The molecule has 0 spiro atoms. The van der Waals surface area contributed by atoms with Crippen LogP contribution in [0, 0.1) is 0 Å². The number of nitrogens with one attached hydrogen (secondary N) is 1. The molecular formula is C16H25NO. The van der Waals surface area contributed by atoms with E-state index in [1.54, 1.807) is 0 Å². The molecule has 100 valence electrons. The Bertz CT molecular complexity index is 347. The van der Waals surface area contributed by atoms with Gasteiger partial charge in [-0.15, -0.1) is 0 Å². The first-order valence-corrected chi connectivity index (χ1v) is 7.34. The third-order valence-corrected chi connectivity index (χ3v) is 3.39. The van der Waals surface area contributed by atoms with Gasteiger partial charge < -0.3 is 10.1 Å². The first-order chi connectivity index (χ1) is 8.90. The van der Waals surface area contributed by atoms with Gasteiger partial charge in [0.05, 0.1) is 6.61 Å². The number of para-hydroxylation sites is 1. The van der Waals surface area contributed by atoms with Gasteiger partial charge in [0.2, 0.25) is 0 Å². The van der Waals surface area contributed by atoms with Gasteiger partial charge in [-0.05, 0) is 25.3 Å². The summed E-state index contributed by atoms with van der Waals surface area (Å²) in [7, 11) is 0. The molecule has 0 amide bonds. The number of hydrogen-bond donors (Lipinski definition) is 1. The Kier molecular flexibility index (Phi) is 5.53. The molecule has 1 N–H and O–H groups in total. The van der Waals surface area contributed by atoms with Crippen molar-refractivity contribution in [2.24, 2.45) is 0 Å². The number of rotatable bonds is 9. The van der Waals surface area contributed by atoms with E-state index in [0.29, 0.717) is 0 Å². The Morgan fingerprint density at radius 3 is 2.78 bits per heavy atom. The van der Waals surface area contributed by atoms with Crippen molar-refractivity contribution < 1.29 is 4.74 Å². The van der Waals surface area contributed by atoms with Crippen LogP contribution in [-0.2, 0) is 6.54 Å². The normalized spacial score (nSPS) is 14.7. The summed E-state index contributed by atoms with van der Waals surface area (Å²) in [6, 6.07) is 9.15. The molecule has 18 heavy (non-hydrogen) atoms. The van der Waals surface area contributed by atoms with Gasteiger partial charge in [-0.2, -0.15) is 0 Å². The van der Waals surface area contributed by atoms with Crippen molar-refractivity contribution in [1.29, 1.82) is 0 Å². The smallest absolute Gasteiger partial charge is 0.123 e. The van der Waals surface area contributed by atoms with E-state index in [9.17, 15) is 0 Å². The maximum Gasteiger partial charge on any atom is 0.123 e. The monoisotopic (exact) mass is 247 g/mol. The number of benzene rings is 1. The zero-order chi connectivity index (χ0) is 12.6. The number of hydrogen-bond acceptors (Lipinski definition) is 2. The highest BCUT2D eigenvalue weighted by Crippen LogP contribution is 2.22. The molecule has 0 bridgehead atoms. The molecule has 0 unspecified atom stereocenters. The van der Waals surface area contributed by atoms with Gasteiger partial charge in [0.25, 0.3) is 0 Å². The van der Waals surface area contributed by atoms with Gasteiger partial charge in [0.15, 0.2) is 0 Å². The Morgan fingerprint density at radius 1 is 1.17 bits per heavy atom. The van der Waals surface area contributed by atoms with Crippen molar-refractivity contribution in [3.63, 3.8) is 0 Å². The van der Waals surface area contributed by atoms with E-state index < -0.39 is 0 Å². The molecule has 2 rings (SSSR count). The molecule has 1 aliphatic carbocycles. The molecular weight excluding hydrogens is 222 g/mol. The highest BCUT2D eigenvalue weighted by Gasteiger charge is 2.20. The lowest BCUT2D eigenvalue weighted by molar-refractivity contribution is 0.301. The van der Waals surface area contributed by atoms with Crippen LogP contribution in [0.25, 0.3) is 0 Å². The summed E-state index contributed by atoms with van der Waals surface area (Å²) in [5.74, 6) is 1.06. The summed E-state index contributed by atoms with van der Waals surface area (Å²) < 4.78 is 5.90. The van der Waals surface area contributed by atoms with Gasteiger partial charge >= 0.3 is 0 Å². The van der Waals surface area contributed by atoms with Crippen LogP contribution in [-0.4, -0.2) is 12.6 Å². The lowest BCUT2D eigenvalue weighted by Crippen LogP contribution is -2.16. The summed E-state index contributed by atoms with van der Waals surface area (Å²) in [6.07, 6.45) is 7.70. The molecule has 0 aromatic heterocycles. The van der Waals surface area contributed by atoms with Crippen molar-refractivity contribution >= 4 is 0 Å². The predicted molar refractivity (Wildman–Crippen MR) is 75.9 cm³/mol. The lowest BCUT2D eigenvalue weighted by atomic mass is 10.2. The van der Waals surface area contributed by atoms with E-state index in [2.05, 4.69) is 36.5 Å². The van der Waals surface area contributed by atoms with Crippen LogP contribution in [0.1, 0.15) is 51.0 Å². The molecule has 1 aromatic carbocycles. The van der Waals surface area contributed by atoms with Gasteiger partial charge in [-0.1, -0.05) is 44.4 Å². The second kappa shape index (κ2) is 7.42. The first kappa shape index (κ1) is 13.4. The maximum atomic E-state index is 5.90. The van der Waals surface area contributed by atoms with Crippen LogP contribution in [0.4, 0.5) is 0 Å². The minimum Gasteiger partial charge on any atom is -0.493 e. The van der Waals surface area contributed by atoms with Gasteiger partial charge in [-0.25, -0.2) is 0 Å². The van der Waals surface area contributed by atoms with Crippen LogP contribution < -0.4 is 10.1 Å². The quantitative estimate of drug-likeness (QED) is 0.668. The molecule has 0 saturated heterocycles. The van der Waals surface area contributed by atoms with E-state index in [0.717, 1.165) is 31.4 Å². The van der Waals surface area contributed by atoms with Crippen molar-refractivity contribution in [1.82, 2.24) is 5.32 Å². The van der Waals surface area contributed by atoms with Gasteiger partial charge in [-0.3, -0.25) is 0 Å². The third kappa shape index (κ3) is 4.69. The molecule has 2 nitrogen and oxygen atoms in total. The molecule has 1 fully saturated rings. The zero-order valence-corrected chi connectivity index (χ0v) is 11.5. The highest BCUT2D eigenvalue weighted by molar-refractivity contribution is 5.33. The molecule has 1 saturated carbocycles. The van der Waals surface area contributed by atoms with E-state index in [4.69, 9.17) is 4.74 Å². The van der Waals surface area contributed by atoms with Crippen molar-refractivity contribution in [3.8, 4) is 5.75 Å². The van der Waals surface area contributed by atoms with Crippen LogP contribution in [0.3, 0.4) is 0 Å². The average Bonchev–Trinajstić information content (AvgIpc) is 3.21. The molecule has 2 heteroatoms. The molecule has 1 aromatic rings. The summed E-state index contributed by atoms with van der Waals surface area (Å²) in [5, 5.41) is 3.54. The topological polar surface area (TPSA) is 21.3 Å². The van der Waals surface area contributed by atoms with E-state index in [-0.39, 0.29) is 0 Å². The summed E-state index contributed by atoms with van der Waals surface area (Å²) >= 11 is 0. The predicted octanol–water partition coefficient (Wildman–Crippen LogP) is 3.90. The summed E-state index contributed by atoms with van der Waals surface area (Å²) in [5.41, 5.74) is 1.29. The van der Waals surface area contributed by atoms with Crippen molar-refractivity contribution in [2.75, 3.05) is 6.61 Å². The molecule has 1 aliphatic rings. The van der Waals surface area contributed by atoms with Crippen LogP contribution >= 0.6 is 0 Å². The fourth-order valence-corrected chi connectivity index (χ4v) is 2.04. The molecule has 0 heterocycles. The van der Waals surface area contributed by atoms with Crippen molar-refractivity contribution in [3.05, 3.63) is 29.8 Å². The highest BCUT2D eigenvalue weighted by atomic mass is 16.5. The van der Waals surface area contributed by atoms with Crippen molar-refractivity contribution in [2.45, 2.75) is 58.0 Å². The SMILES string of the molecule is CCCCCCOc1ccccc1CNC1CC1. The zero-order valence-electron chi connectivity index (χ0n) is 11.5. The minimum atomic E-state index is 0.752. The van der Waals surface area contributed by atoms with Crippen LogP contribution in [0.15, 0.2) is 24.3 Å². The standard InChI is InChI=1S/C16H25NO/c1-2-3-4-7-12-18-16-9-6-5-8-14(16)13-17-15-10-11-15/h5-6,8-9,15,17H,2-4,7,10-13H2,1H3. The van der Waals surface area contributed by atoms with Crippen LogP contribution in [0.5, 0.6) is 5.75 Å². The Labute approximate surface area is 111 Å². The Hall–Kier alpha value is -1.02. The maximum absolute atomic E-state index is 5.90. The van der Waals surface area contributed by atoms with Crippen LogP contribution in [0.2, 0.25) is 0 Å². The lowest BCUT2D eigenvalue weighted by Gasteiger charge is -2.11. The second-order valence-electron chi connectivity index (χ2n) is 5.17. The minimum absolute atomic E-state index is 0.752. The first-order valence-electron chi connectivity index (χ1n) is 7.34. The second-order valence-corrected chi connectivity index (χ2v) is 5.17. The fourth-order valence-electron chi connectivity index (χ4n) is 2.04. The average molecular weight is 247 g/mol. The molecule has 0 atom stereocenters. The van der Waals surface area contributed by atoms with E-state index in [1.807, 2.05) is 0 Å². The third-order valence-electron chi connectivity index (χ3n) is 3.39. The van der Waals surface area contributed by atoms with Gasteiger partial charge in [0.1, 0.15) is 5.75 Å². The van der Waals surface area contributed by atoms with E-state index in [1.165, 1.54) is 37.7 Å². The Balaban J connectivity index is 1.74. The largest absolute Gasteiger partial charge is 0.493 e. The number of ether oxygens (including phenoxy) is 1. The van der Waals surface area contributed by atoms with E-state index >= 15 is 0 Å². The number of unbranched alkanes of at least 4 members (excludes halogenated alkanes) is 3. The Morgan fingerprint density at radius 2 is 2.00 bits per heavy atom. The fraction of sp³-hybridized carbons (Fsp3) is 0.625. The van der Waals surface area contributed by atoms with Gasteiger partial charge in [0, 0.05) is 18.2 Å². The summed E-state index contributed by atoms with van der Waals surface area (Å²) in [4.78, 5) is 0.